The lowest BCUT2D eigenvalue weighted by atomic mass is 9.78. The Bertz CT molecular complexity index is 2040. The van der Waals surface area contributed by atoms with Crippen LogP contribution in [0, 0.1) is 23.7 Å². The Morgan fingerprint density at radius 3 is 1.89 bits per heavy atom. The molecule has 296 valence electrons. The lowest BCUT2D eigenvalue weighted by Crippen LogP contribution is -2.53. The number of nitrogens with zero attached hydrogens (tertiary/aromatic N) is 4. The number of rotatable bonds is 10. The Balaban J connectivity index is 1.02. The zero-order chi connectivity index (χ0) is 39.7. The Morgan fingerprint density at radius 2 is 1.32 bits per heavy atom. The molecule has 0 radical (unpaired) electrons. The number of amides is 4. The number of hydrogen-bond donors (Lipinski definition) is 4. The van der Waals surface area contributed by atoms with Gasteiger partial charge in [-0.2, -0.15) is 0 Å². The smallest absolute Gasteiger partial charge is 0.425 e. The topological polar surface area (TPSA) is 175 Å². The molecule has 2 saturated carbocycles. The minimum Gasteiger partial charge on any atom is -0.453 e. The molecule has 2 aromatic carbocycles. The van der Waals surface area contributed by atoms with Gasteiger partial charge in [-0.3, -0.25) is 9.59 Å². The molecule has 4 amide bonds. The Kier molecular flexibility index (Phi) is 11.2. The third-order valence-corrected chi connectivity index (χ3v) is 11.8. The zero-order valence-electron chi connectivity index (χ0n) is 32.9. The summed E-state index contributed by atoms with van der Waals surface area (Å²) in [5, 5.41) is 4.11. The van der Waals surface area contributed by atoms with Gasteiger partial charge >= 0.3 is 12.2 Å². The first-order valence-corrected chi connectivity index (χ1v) is 19.6. The maximum Gasteiger partial charge on any atom is 0.425 e. The van der Waals surface area contributed by atoms with Crippen LogP contribution in [0.4, 0.5) is 9.59 Å². The number of alkyl carbamates (subject to hydrolysis) is 1. The lowest BCUT2D eigenvalue weighted by Gasteiger charge is -2.35. The van der Waals surface area contributed by atoms with Crippen LogP contribution in [0.15, 0.2) is 60.9 Å². The highest BCUT2D eigenvalue weighted by atomic mass is 16.5. The summed E-state index contributed by atoms with van der Waals surface area (Å²) in [6.45, 7) is 8.15. The quantitative estimate of drug-likeness (QED) is 0.127. The fourth-order valence-electron chi connectivity index (χ4n) is 8.97. The molecule has 4 N–H and O–H groups in total. The number of hydrazine groups is 1. The number of H-pyrrole nitrogens is 2. The molecule has 1 saturated heterocycles. The van der Waals surface area contributed by atoms with Crippen molar-refractivity contribution in [3.05, 3.63) is 72.6 Å². The third-order valence-electron chi connectivity index (χ3n) is 11.8. The van der Waals surface area contributed by atoms with E-state index in [1.165, 1.54) is 19.2 Å². The largest absolute Gasteiger partial charge is 0.453 e. The van der Waals surface area contributed by atoms with Crippen LogP contribution < -0.4 is 10.7 Å². The molecule has 6 atom stereocenters. The van der Waals surface area contributed by atoms with Gasteiger partial charge in [-0.05, 0) is 86.0 Å². The molecule has 2 bridgehead atoms. The monoisotopic (exact) mass is 764 g/mol. The van der Waals surface area contributed by atoms with Crippen molar-refractivity contribution in [2.45, 2.75) is 83.8 Å². The standard InChI is InChI=1S/C42H52N8O6/c1-23(2)36(47-41(53)55-5)40(52)49-19-7-8-33(49)37-43-21-31(45-37)27-13-9-25(10-14-27)26-11-15-28(16-12-26)32-22-44-38(46-32)34-29-17-18-30(20-29)35(34)39(51)50(24(3)4)48-42(54)56-6/h9-16,21-24,29-30,33-36H,7-8,17-20H2,1-6H3,(H,43,45)(H,44,46)(H,47,53)(H,48,54)/t29?,30?,33-,34-,35-,36?/m0/s1. The van der Waals surface area contributed by atoms with Gasteiger partial charge in [0.25, 0.3) is 0 Å². The number of ether oxygens (including phenoxy) is 2. The number of carbonyl (C=O) groups is 4. The third kappa shape index (κ3) is 7.61. The first-order valence-electron chi connectivity index (χ1n) is 19.6. The van der Waals surface area contributed by atoms with E-state index >= 15 is 0 Å². The van der Waals surface area contributed by atoms with E-state index in [0.29, 0.717) is 12.5 Å². The molecule has 2 aromatic heterocycles. The minimum atomic E-state index is -0.687. The minimum absolute atomic E-state index is 0.0494. The fraction of sp³-hybridized carbons (Fsp3) is 0.476. The molecule has 3 fully saturated rings. The van der Waals surface area contributed by atoms with Gasteiger partial charge in [0.1, 0.15) is 17.7 Å². The van der Waals surface area contributed by atoms with Crippen molar-refractivity contribution < 1.29 is 28.7 Å². The molecule has 7 rings (SSSR count). The first-order chi connectivity index (χ1) is 27.0. The van der Waals surface area contributed by atoms with E-state index in [2.05, 4.69) is 74.2 Å². The van der Waals surface area contributed by atoms with Gasteiger partial charge in [-0.15, -0.1) is 0 Å². The van der Waals surface area contributed by atoms with E-state index < -0.39 is 18.2 Å². The van der Waals surface area contributed by atoms with E-state index in [-0.39, 0.29) is 47.6 Å². The Labute approximate surface area is 327 Å². The van der Waals surface area contributed by atoms with Gasteiger partial charge in [-0.1, -0.05) is 62.4 Å². The summed E-state index contributed by atoms with van der Waals surface area (Å²) in [6, 6.07) is 15.5. The van der Waals surface area contributed by atoms with Crippen molar-refractivity contribution in [3.63, 3.8) is 0 Å². The molecule has 56 heavy (non-hydrogen) atoms. The van der Waals surface area contributed by atoms with E-state index in [4.69, 9.17) is 14.5 Å². The van der Waals surface area contributed by atoms with Crippen LogP contribution in [-0.2, 0) is 19.1 Å². The average molecular weight is 765 g/mol. The van der Waals surface area contributed by atoms with Crippen molar-refractivity contribution in [3.8, 4) is 33.6 Å². The molecule has 1 aliphatic heterocycles. The van der Waals surface area contributed by atoms with Crippen LogP contribution in [0.1, 0.15) is 83.4 Å². The lowest BCUT2D eigenvalue weighted by molar-refractivity contribution is -0.143. The molecule has 14 heteroatoms. The molecular formula is C42H52N8O6. The molecule has 0 spiro atoms. The van der Waals surface area contributed by atoms with Gasteiger partial charge in [-0.25, -0.2) is 30.0 Å². The predicted octanol–water partition coefficient (Wildman–Crippen LogP) is 6.82. The Hall–Kier alpha value is -5.66. The summed E-state index contributed by atoms with van der Waals surface area (Å²) in [5.74, 6) is 1.50. The molecular weight excluding hydrogens is 713 g/mol. The van der Waals surface area contributed by atoms with E-state index in [1.807, 2.05) is 38.8 Å². The molecule has 3 unspecified atom stereocenters. The molecule has 4 aromatic rings. The second kappa shape index (κ2) is 16.2. The van der Waals surface area contributed by atoms with E-state index in [9.17, 15) is 19.2 Å². The average Bonchev–Trinajstić information content (AvgIpc) is 4.06. The number of imidazole rings is 2. The Morgan fingerprint density at radius 1 is 0.768 bits per heavy atom. The van der Waals surface area contributed by atoms with Crippen molar-refractivity contribution in [2.75, 3.05) is 20.8 Å². The van der Waals surface area contributed by atoms with Crippen LogP contribution in [0.3, 0.4) is 0 Å². The predicted molar refractivity (Wildman–Crippen MR) is 209 cm³/mol. The molecule has 3 heterocycles. The van der Waals surface area contributed by atoms with Gasteiger partial charge in [0.05, 0.1) is 50.0 Å². The zero-order valence-corrected chi connectivity index (χ0v) is 32.9. The highest BCUT2D eigenvalue weighted by molar-refractivity contribution is 5.86. The maximum atomic E-state index is 13.9. The highest BCUT2D eigenvalue weighted by Gasteiger charge is 2.54. The van der Waals surface area contributed by atoms with Crippen LogP contribution in [-0.4, -0.2) is 86.7 Å². The second-order valence-electron chi connectivity index (χ2n) is 15.9. The first kappa shape index (κ1) is 38.6. The number of aromatic nitrogens is 4. The summed E-state index contributed by atoms with van der Waals surface area (Å²) in [5.41, 5.74) is 8.48. The van der Waals surface area contributed by atoms with Crippen molar-refractivity contribution in [1.82, 2.24) is 40.6 Å². The van der Waals surface area contributed by atoms with Crippen molar-refractivity contribution in [2.24, 2.45) is 23.7 Å². The molecule has 3 aliphatic rings. The van der Waals surface area contributed by atoms with E-state index in [0.717, 1.165) is 77.4 Å². The van der Waals surface area contributed by atoms with Crippen molar-refractivity contribution in [1.29, 1.82) is 0 Å². The molecule has 14 nitrogen and oxygen atoms in total. The number of likely N-dealkylation sites (tertiary alicyclic amines) is 1. The summed E-state index contributed by atoms with van der Waals surface area (Å²) in [7, 11) is 2.58. The number of aromatic amines is 2. The van der Waals surface area contributed by atoms with Crippen LogP contribution >= 0.6 is 0 Å². The maximum absolute atomic E-state index is 13.9. The number of carbonyl (C=O) groups excluding carboxylic acids is 4. The second-order valence-corrected chi connectivity index (χ2v) is 15.9. The summed E-state index contributed by atoms with van der Waals surface area (Å²) in [6.07, 6.45) is 7.05. The number of fused-ring (bicyclic) bond motifs is 2. The van der Waals surface area contributed by atoms with Gasteiger partial charge in [0.2, 0.25) is 11.8 Å². The van der Waals surface area contributed by atoms with Gasteiger partial charge < -0.3 is 29.7 Å². The van der Waals surface area contributed by atoms with Gasteiger partial charge in [0, 0.05) is 18.5 Å². The number of hydrogen-bond acceptors (Lipinski definition) is 8. The highest BCUT2D eigenvalue weighted by Crippen LogP contribution is 2.56. The van der Waals surface area contributed by atoms with Crippen LogP contribution in [0.2, 0.25) is 0 Å². The summed E-state index contributed by atoms with van der Waals surface area (Å²) < 4.78 is 9.55. The fourth-order valence-corrected chi connectivity index (χ4v) is 8.97. The summed E-state index contributed by atoms with van der Waals surface area (Å²) >= 11 is 0. The van der Waals surface area contributed by atoms with Crippen LogP contribution in [0.25, 0.3) is 33.6 Å². The van der Waals surface area contributed by atoms with Crippen LogP contribution in [0.5, 0.6) is 0 Å². The van der Waals surface area contributed by atoms with E-state index in [1.54, 1.807) is 6.20 Å². The summed E-state index contributed by atoms with van der Waals surface area (Å²) in [4.78, 5) is 69.8. The SMILES string of the molecule is COC(=O)NC(C(=O)N1CCC[C@H]1c1ncc(-c2ccc(-c3ccc(-c4cnc([C@H]5C6CCC(C6)[C@@H]5C(=O)N(NC(=O)OC)C(C)C)[nH]4)cc3)cc2)[nH]1)C(C)C. The van der Waals surface area contributed by atoms with Gasteiger partial charge in [0.15, 0.2) is 0 Å². The van der Waals surface area contributed by atoms with Crippen molar-refractivity contribution >= 4 is 24.0 Å². The number of nitrogens with one attached hydrogen (secondary N) is 4. The normalized spacial score (nSPS) is 22.0. The number of methoxy groups -OCH3 is 2. The molecule has 2 aliphatic carbocycles. The number of benzene rings is 2.